The van der Waals surface area contributed by atoms with E-state index in [-0.39, 0.29) is 13.0 Å². The fraction of sp³-hybridized carbons (Fsp3) is 0.238. The number of aryl methyl sites for hydroxylation is 2. The molecule has 2 aromatic carbocycles. The SMILES string of the molecule is Cc1ccc(C)c(OCC(=O)NC(Cc2c[nH]c3ccccc23)C(=O)[O-])c1. The lowest BCUT2D eigenvalue weighted by Crippen LogP contribution is -2.50. The monoisotopic (exact) mass is 365 g/mol. The van der Waals surface area contributed by atoms with Gasteiger partial charge in [-0.15, -0.1) is 0 Å². The number of carboxylic acid groups (broad SMARTS) is 1. The molecule has 140 valence electrons. The second-order valence-corrected chi connectivity index (χ2v) is 6.56. The van der Waals surface area contributed by atoms with Gasteiger partial charge in [0, 0.05) is 23.5 Å². The number of nitrogens with one attached hydrogen (secondary N) is 2. The summed E-state index contributed by atoms with van der Waals surface area (Å²) in [5, 5.41) is 14.9. The second kappa shape index (κ2) is 7.95. The molecule has 6 nitrogen and oxygen atoms in total. The van der Waals surface area contributed by atoms with Gasteiger partial charge in [0.05, 0.1) is 12.0 Å². The highest BCUT2D eigenvalue weighted by molar-refractivity contribution is 5.86. The third kappa shape index (κ3) is 4.47. The number of aromatic amines is 1. The van der Waals surface area contributed by atoms with Crippen LogP contribution in [0.1, 0.15) is 16.7 Å². The highest BCUT2D eigenvalue weighted by Gasteiger charge is 2.17. The van der Waals surface area contributed by atoms with Crippen molar-refractivity contribution >= 4 is 22.8 Å². The van der Waals surface area contributed by atoms with E-state index >= 15 is 0 Å². The number of amides is 1. The van der Waals surface area contributed by atoms with Gasteiger partial charge < -0.3 is 24.9 Å². The van der Waals surface area contributed by atoms with E-state index in [1.54, 1.807) is 6.20 Å². The van der Waals surface area contributed by atoms with E-state index in [2.05, 4.69) is 10.3 Å². The Morgan fingerprint density at radius 1 is 1.19 bits per heavy atom. The van der Waals surface area contributed by atoms with E-state index in [9.17, 15) is 14.7 Å². The van der Waals surface area contributed by atoms with Crippen LogP contribution >= 0.6 is 0 Å². The molecule has 1 aromatic heterocycles. The normalized spacial score (nSPS) is 11.9. The summed E-state index contributed by atoms with van der Waals surface area (Å²) < 4.78 is 5.53. The summed E-state index contributed by atoms with van der Waals surface area (Å²) in [7, 11) is 0. The minimum Gasteiger partial charge on any atom is -0.548 e. The van der Waals surface area contributed by atoms with Crippen LogP contribution in [0.4, 0.5) is 0 Å². The van der Waals surface area contributed by atoms with Crippen molar-refractivity contribution in [1.82, 2.24) is 10.3 Å². The zero-order valence-corrected chi connectivity index (χ0v) is 15.2. The van der Waals surface area contributed by atoms with E-state index in [4.69, 9.17) is 4.74 Å². The summed E-state index contributed by atoms with van der Waals surface area (Å²) in [5.74, 6) is -1.24. The van der Waals surface area contributed by atoms with Crippen LogP contribution in [-0.2, 0) is 16.0 Å². The number of carboxylic acids is 1. The second-order valence-electron chi connectivity index (χ2n) is 6.56. The molecule has 0 saturated heterocycles. The molecular formula is C21H21N2O4-. The van der Waals surface area contributed by atoms with Gasteiger partial charge in [0.2, 0.25) is 0 Å². The van der Waals surface area contributed by atoms with Crippen molar-refractivity contribution in [3.63, 3.8) is 0 Å². The van der Waals surface area contributed by atoms with Crippen molar-refractivity contribution in [1.29, 1.82) is 0 Å². The van der Waals surface area contributed by atoms with Crippen molar-refractivity contribution in [2.75, 3.05) is 6.61 Å². The molecule has 27 heavy (non-hydrogen) atoms. The summed E-state index contributed by atoms with van der Waals surface area (Å²) in [6.45, 7) is 3.55. The van der Waals surface area contributed by atoms with Gasteiger partial charge in [0.1, 0.15) is 5.75 Å². The highest BCUT2D eigenvalue weighted by Crippen LogP contribution is 2.20. The Labute approximate surface area is 157 Å². The minimum absolute atomic E-state index is 0.127. The van der Waals surface area contributed by atoms with Crippen LogP contribution in [0.2, 0.25) is 0 Å². The van der Waals surface area contributed by atoms with Gasteiger partial charge in [-0.25, -0.2) is 0 Å². The molecule has 1 heterocycles. The van der Waals surface area contributed by atoms with Crippen LogP contribution in [0.15, 0.2) is 48.7 Å². The number of rotatable bonds is 7. The lowest BCUT2D eigenvalue weighted by Gasteiger charge is -2.20. The van der Waals surface area contributed by atoms with Crippen LogP contribution in [0.25, 0.3) is 10.9 Å². The predicted octanol–water partition coefficient (Wildman–Crippen LogP) is 1.64. The van der Waals surface area contributed by atoms with Crippen molar-refractivity contribution < 1.29 is 19.4 Å². The number of H-pyrrole nitrogens is 1. The first-order valence-electron chi connectivity index (χ1n) is 8.69. The van der Waals surface area contributed by atoms with Crippen molar-refractivity contribution in [3.05, 3.63) is 65.4 Å². The third-order valence-electron chi connectivity index (χ3n) is 4.42. The molecule has 0 spiro atoms. The molecule has 0 saturated carbocycles. The molecule has 0 bridgehead atoms. The molecule has 3 aromatic rings. The lowest BCUT2D eigenvalue weighted by atomic mass is 10.1. The number of aliphatic carboxylic acids is 1. The lowest BCUT2D eigenvalue weighted by molar-refractivity contribution is -0.308. The Morgan fingerprint density at radius 2 is 1.96 bits per heavy atom. The average molecular weight is 365 g/mol. The topological polar surface area (TPSA) is 94.2 Å². The van der Waals surface area contributed by atoms with E-state index in [1.165, 1.54) is 0 Å². The maximum absolute atomic E-state index is 12.2. The van der Waals surface area contributed by atoms with Crippen LogP contribution in [0.5, 0.6) is 5.75 Å². The zero-order chi connectivity index (χ0) is 19.4. The largest absolute Gasteiger partial charge is 0.548 e. The number of para-hydroxylation sites is 1. The molecule has 2 N–H and O–H groups in total. The smallest absolute Gasteiger partial charge is 0.258 e. The molecule has 1 unspecified atom stereocenters. The fourth-order valence-electron chi connectivity index (χ4n) is 2.96. The van der Waals surface area contributed by atoms with Crippen molar-refractivity contribution in [2.45, 2.75) is 26.3 Å². The molecule has 1 atom stereocenters. The number of benzene rings is 2. The number of ether oxygens (including phenoxy) is 1. The summed E-state index contributed by atoms with van der Waals surface area (Å²) in [6.07, 6.45) is 1.88. The first-order chi connectivity index (χ1) is 12.9. The summed E-state index contributed by atoms with van der Waals surface area (Å²) in [6, 6.07) is 12.1. The number of fused-ring (bicyclic) bond motifs is 1. The predicted molar refractivity (Wildman–Crippen MR) is 100 cm³/mol. The fourth-order valence-corrected chi connectivity index (χ4v) is 2.96. The van der Waals surface area contributed by atoms with Gasteiger partial charge in [-0.3, -0.25) is 4.79 Å². The van der Waals surface area contributed by atoms with Gasteiger partial charge >= 0.3 is 0 Å². The Balaban J connectivity index is 1.64. The van der Waals surface area contributed by atoms with Crippen molar-refractivity contribution in [3.8, 4) is 5.75 Å². The summed E-state index contributed by atoms with van der Waals surface area (Å²) >= 11 is 0. The Kier molecular flexibility index (Phi) is 5.45. The molecule has 0 aliphatic rings. The molecular weight excluding hydrogens is 344 g/mol. The Bertz CT molecular complexity index is 977. The molecule has 6 heteroatoms. The summed E-state index contributed by atoms with van der Waals surface area (Å²) in [4.78, 5) is 26.8. The zero-order valence-electron chi connectivity index (χ0n) is 15.2. The first kappa shape index (κ1) is 18.5. The number of hydrogen-bond donors (Lipinski definition) is 2. The van der Waals surface area contributed by atoms with Crippen LogP contribution in [-0.4, -0.2) is 29.5 Å². The quantitative estimate of drug-likeness (QED) is 0.665. The van der Waals surface area contributed by atoms with Crippen molar-refractivity contribution in [2.24, 2.45) is 0 Å². The maximum Gasteiger partial charge on any atom is 0.258 e. The van der Waals surface area contributed by atoms with Crippen LogP contribution in [0, 0.1) is 13.8 Å². The number of aromatic nitrogens is 1. The van der Waals surface area contributed by atoms with Gasteiger partial charge in [-0.05, 0) is 42.7 Å². The molecule has 0 fully saturated rings. The third-order valence-corrected chi connectivity index (χ3v) is 4.42. The Morgan fingerprint density at radius 3 is 2.74 bits per heavy atom. The first-order valence-corrected chi connectivity index (χ1v) is 8.69. The van der Waals surface area contributed by atoms with Crippen LogP contribution < -0.4 is 15.2 Å². The maximum atomic E-state index is 12.2. The molecule has 0 radical (unpaired) electrons. The van der Waals surface area contributed by atoms with E-state index < -0.39 is 17.9 Å². The van der Waals surface area contributed by atoms with E-state index in [1.807, 2.05) is 56.3 Å². The average Bonchev–Trinajstić information content (AvgIpc) is 3.05. The van der Waals surface area contributed by atoms with E-state index in [0.717, 1.165) is 27.6 Å². The molecule has 3 rings (SSSR count). The molecule has 0 aliphatic heterocycles. The summed E-state index contributed by atoms with van der Waals surface area (Å²) in [5.41, 5.74) is 3.64. The Hall–Kier alpha value is -3.28. The number of carbonyl (C=O) groups excluding carboxylic acids is 2. The minimum atomic E-state index is -1.33. The number of carbonyl (C=O) groups is 2. The van der Waals surface area contributed by atoms with Crippen LogP contribution in [0.3, 0.4) is 0 Å². The highest BCUT2D eigenvalue weighted by atomic mass is 16.5. The molecule has 1 amide bonds. The van der Waals surface area contributed by atoms with Gasteiger partial charge in [0.15, 0.2) is 6.61 Å². The number of hydrogen-bond acceptors (Lipinski definition) is 4. The van der Waals surface area contributed by atoms with E-state index in [0.29, 0.717) is 5.75 Å². The van der Waals surface area contributed by atoms with Gasteiger partial charge in [0.25, 0.3) is 5.91 Å². The van der Waals surface area contributed by atoms with Gasteiger partial charge in [-0.1, -0.05) is 30.3 Å². The van der Waals surface area contributed by atoms with Gasteiger partial charge in [-0.2, -0.15) is 0 Å². The molecule has 0 aliphatic carbocycles. The standard InChI is InChI=1S/C21H22N2O4/c1-13-7-8-14(2)19(9-13)27-12-20(24)23-18(21(25)26)10-15-11-22-17-6-4-3-5-16(15)17/h3-9,11,18,22H,10,12H2,1-2H3,(H,23,24)(H,25,26)/p-1.